The van der Waals surface area contributed by atoms with Gasteiger partial charge in [0.25, 0.3) is 0 Å². The fraction of sp³-hybridized carbons (Fsp3) is 0.273. The van der Waals surface area contributed by atoms with Gasteiger partial charge in [0.1, 0.15) is 0 Å². The van der Waals surface area contributed by atoms with Crippen LogP contribution in [0.1, 0.15) is 6.92 Å². The zero-order valence-electron chi connectivity index (χ0n) is 8.67. The summed E-state index contributed by atoms with van der Waals surface area (Å²) >= 11 is 0. The number of aliphatic imine (C=N–C) groups is 1. The van der Waals surface area contributed by atoms with Crippen molar-refractivity contribution in [1.82, 2.24) is 4.98 Å². The third kappa shape index (κ3) is 2.22. The standard InChI is InChI=1S/C11H14N4/c1-9-5-11(8-14-6-9)15(12)10-3-2-4-13-7-10/h2-5,7-9H,6,12H2,1H3. The van der Waals surface area contributed by atoms with E-state index in [-0.39, 0.29) is 0 Å². The Morgan fingerprint density at radius 3 is 3.07 bits per heavy atom. The second-order valence-electron chi connectivity index (χ2n) is 3.64. The molecule has 1 aliphatic heterocycles. The highest BCUT2D eigenvalue weighted by Gasteiger charge is 2.10. The summed E-state index contributed by atoms with van der Waals surface area (Å²) < 4.78 is 0. The molecule has 0 spiro atoms. The number of anilines is 1. The molecule has 0 bridgehead atoms. The van der Waals surface area contributed by atoms with Crippen LogP contribution in [0.3, 0.4) is 0 Å². The Hall–Kier alpha value is -1.68. The van der Waals surface area contributed by atoms with Crippen LogP contribution in [0.15, 0.2) is 41.3 Å². The van der Waals surface area contributed by atoms with Gasteiger partial charge in [-0.3, -0.25) is 15.0 Å². The van der Waals surface area contributed by atoms with Crippen LogP contribution in [0.5, 0.6) is 0 Å². The number of nitrogens with zero attached hydrogens (tertiary/aromatic N) is 3. The zero-order valence-corrected chi connectivity index (χ0v) is 8.67. The average molecular weight is 202 g/mol. The van der Waals surface area contributed by atoms with Crippen LogP contribution >= 0.6 is 0 Å². The second-order valence-corrected chi connectivity index (χ2v) is 3.64. The Labute approximate surface area is 89.1 Å². The first-order valence-electron chi connectivity index (χ1n) is 4.94. The number of rotatable bonds is 2. The maximum Gasteiger partial charge on any atom is 0.0759 e. The van der Waals surface area contributed by atoms with Gasteiger partial charge in [0.15, 0.2) is 0 Å². The predicted octanol–water partition coefficient (Wildman–Crippen LogP) is 1.37. The smallest absolute Gasteiger partial charge is 0.0759 e. The molecular formula is C11H14N4. The van der Waals surface area contributed by atoms with Crippen molar-refractivity contribution < 1.29 is 0 Å². The van der Waals surface area contributed by atoms with Gasteiger partial charge in [0, 0.05) is 19.0 Å². The molecule has 0 radical (unpaired) electrons. The lowest BCUT2D eigenvalue weighted by Crippen LogP contribution is -2.32. The molecule has 78 valence electrons. The number of aromatic nitrogens is 1. The van der Waals surface area contributed by atoms with Crippen molar-refractivity contribution in [3.8, 4) is 0 Å². The van der Waals surface area contributed by atoms with Crippen molar-refractivity contribution in [2.45, 2.75) is 6.92 Å². The molecule has 0 fully saturated rings. The SMILES string of the molecule is CC1C=C(N(N)c2cccnc2)C=NC1. The quantitative estimate of drug-likeness (QED) is 0.582. The molecule has 1 aromatic rings. The first-order valence-corrected chi connectivity index (χ1v) is 4.94. The van der Waals surface area contributed by atoms with E-state index in [0.29, 0.717) is 5.92 Å². The van der Waals surface area contributed by atoms with E-state index in [9.17, 15) is 0 Å². The van der Waals surface area contributed by atoms with Crippen molar-refractivity contribution in [1.29, 1.82) is 0 Å². The lowest BCUT2D eigenvalue weighted by molar-refractivity contribution is 0.724. The van der Waals surface area contributed by atoms with Gasteiger partial charge < -0.3 is 0 Å². The van der Waals surface area contributed by atoms with Crippen LogP contribution in [0, 0.1) is 5.92 Å². The molecule has 1 unspecified atom stereocenters. The number of hydrogen-bond acceptors (Lipinski definition) is 4. The highest BCUT2D eigenvalue weighted by atomic mass is 15.4. The predicted molar refractivity (Wildman–Crippen MR) is 61.5 cm³/mol. The molecule has 1 aliphatic rings. The van der Waals surface area contributed by atoms with Gasteiger partial charge in [-0.15, -0.1) is 0 Å². The van der Waals surface area contributed by atoms with E-state index in [1.807, 2.05) is 12.1 Å². The van der Waals surface area contributed by atoms with Gasteiger partial charge in [-0.25, -0.2) is 5.84 Å². The van der Waals surface area contributed by atoms with Crippen LogP contribution < -0.4 is 10.9 Å². The van der Waals surface area contributed by atoms with Gasteiger partial charge in [0.2, 0.25) is 0 Å². The van der Waals surface area contributed by atoms with E-state index in [0.717, 1.165) is 17.9 Å². The minimum Gasteiger partial charge on any atom is -0.290 e. The maximum atomic E-state index is 5.97. The summed E-state index contributed by atoms with van der Waals surface area (Å²) in [5.74, 6) is 6.40. The summed E-state index contributed by atoms with van der Waals surface area (Å²) in [6.07, 6.45) is 7.37. The number of pyridine rings is 1. The fourth-order valence-corrected chi connectivity index (χ4v) is 1.49. The Morgan fingerprint density at radius 2 is 2.40 bits per heavy atom. The van der Waals surface area contributed by atoms with Gasteiger partial charge in [0.05, 0.1) is 17.6 Å². The van der Waals surface area contributed by atoms with Crippen molar-refractivity contribution in [2.24, 2.45) is 16.8 Å². The van der Waals surface area contributed by atoms with E-state index in [2.05, 4.69) is 23.0 Å². The largest absolute Gasteiger partial charge is 0.290 e. The molecule has 0 amide bonds. The molecule has 0 aromatic carbocycles. The van der Waals surface area contributed by atoms with Crippen LogP contribution in [-0.2, 0) is 0 Å². The molecule has 4 nitrogen and oxygen atoms in total. The summed E-state index contributed by atoms with van der Waals surface area (Å²) in [6.45, 7) is 2.96. The summed E-state index contributed by atoms with van der Waals surface area (Å²) in [5, 5.41) is 1.60. The molecule has 2 rings (SSSR count). The second kappa shape index (κ2) is 4.23. The average Bonchev–Trinajstić information content (AvgIpc) is 2.29. The molecule has 1 atom stereocenters. The monoisotopic (exact) mass is 202 g/mol. The van der Waals surface area contributed by atoms with Gasteiger partial charge in [-0.2, -0.15) is 0 Å². The van der Waals surface area contributed by atoms with Crippen molar-refractivity contribution >= 4 is 11.9 Å². The molecule has 0 saturated heterocycles. The zero-order chi connectivity index (χ0) is 10.7. The normalized spacial score (nSPS) is 19.9. The van der Waals surface area contributed by atoms with E-state index in [4.69, 9.17) is 5.84 Å². The molecule has 15 heavy (non-hydrogen) atoms. The Kier molecular flexibility index (Phi) is 2.78. The minimum atomic E-state index is 0.438. The number of nitrogens with two attached hydrogens (primary N) is 1. The summed E-state index contributed by atoms with van der Waals surface area (Å²) in [4.78, 5) is 8.28. The third-order valence-electron chi connectivity index (χ3n) is 2.27. The molecule has 1 aromatic heterocycles. The highest BCUT2D eigenvalue weighted by Crippen LogP contribution is 2.16. The molecular weight excluding hydrogens is 188 g/mol. The van der Waals surface area contributed by atoms with Gasteiger partial charge in [-0.1, -0.05) is 13.0 Å². The number of allylic oxidation sites excluding steroid dienone is 1. The van der Waals surface area contributed by atoms with Gasteiger partial charge in [-0.05, 0) is 18.1 Å². The van der Waals surface area contributed by atoms with Crippen LogP contribution in [0.25, 0.3) is 0 Å². The maximum absolute atomic E-state index is 5.97. The van der Waals surface area contributed by atoms with E-state index < -0.39 is 0 Å². The van der Waals surface area contributed by atoms with E-state index >= 15 is 0 Å². The molecule has 0 saturated carbocycles. The third-order valence-corrected chi connectivity index (χ3v) is 2.27. The number of dihydropyridines is 1. The summed E-state index contributed by atoms with van der Waals surface area (Å²) in [7, 11) is 0. The number of hydrogen-bond donors (Lipinski definition) is 1. The molecule has 2 heterocycles. The highest BCUT2D eigenvalue weighted by molar-refractivity contribution is 5.84. The Bertz CT molecular complexity index is 383. The van der Waals surface area contributed by atoms with E-state index in [1.165, 1.54) is 0 Å². The molecule has 4 heteroatoms. The first-order chi connectivity index (χ1) is 7.27. The molecule has 2 N–H and O–H groups in total. The Morgan fingerprint density at radius 1 is 1.53 bits per heavy atom. The minimum absolute atomic E-state index is 0.438. The fourth-order valence-electron chi connectivity index (χ4n) is 1.49. The first kappa shape index (κ1) is 9.86. The van der Waals surface area contributed by atoms with Crippen LogP contribution in [0.4, 0.5) is 5.69 Å². The van der Waals surface area contributed by atoms with Crippen molar-refractivity contribution in [3.63, 3.8) is 0 Å². The van der Waals surface area contributed by atoms with Crippen molar-refractivity contribution in [3.05, 3.63) is 36.3 Å². The lowest BCUT2D eigenvalue weighted by Gasteiger charge is -2.22. The lowest BCUT2D eigenvalue weighted by atomic mass is 10.1. The number of hydrazine groups is 1. The van der Waals surface area contributed by atoms with Crippen molar-refractivity contribution in [2.75, 3.05) is 11.6 Å². The van der Waals surface area contributed by atoms with E-state index in [1.54, 1.807) is 23.6 Å². The summed E-state index contributed by atoms with van der Waals surface area (Å²) in [6, 6.07) is 3.78. The topological polar surface area (TPSA) is 54.5 Å². The summed E-state index contributed by atoms with van der Waals surface area (Å²) in [5.41, 5.74) is 1.78. The van der Waals surface area contributed by atoms with Crippen LogP contribution in [-0.4, -0.2) is 17.7 Å². The molecule has 0 aliphatic carbocycles. The Balaban J connectivity index is 2.21. The van der Waals surface area contributed by atoms with Crippen LogP contribution in [0.2, 0.25) is 0 Å². The van der Waals surface area contributed by atoms with Gasteiger partial charge >= 0.3 is 0 Å².